The summed E-state index contributed by atoms with van der Waals surface area (Å²) < 4.78 is 27.7. The molecule has 0 fully saturated rings. The van der Waals surface area contributed by atoms with Gasteiger partial charge in [0.2, 0.25) is 0 Å². The second kappa shape index (κ2) is 8.22. The fraction of sp³-hybridized carbons (Fsp3) is 0.0500. The monoisotopic (exact) mass is 434 g/mol. The average Bonchev–Trinajstić information content (AvgIpc) is 2.67. The Morgan fingerprint density at radius 1 is 0.929 bits per heavy atom. The molecule has 0 atom stereocenters. The van der Waals surface area contributed by atoms with E-state index in [0.29, 0.717) is 16.9 Å². The Labute approximate surface area is 173 Å². The van der Waals surface area contributed by atoms with Gasteiger partial charge in [-0.3, -0.25) is 9.52 Å². The molecule has 0 radical (unpaired) electrons. The summed E-state index contributed by atoms with van der Waals surface area (Å²) >= 11 is 12.0. The van der Waals surface area contributed by atoms with Crippen LogP contribution in [0.15, 0.2) is 71.6 Å². The molecule has 3 aromatic rings. The van der Waals surface area contributed by atoms with Gasteiger partial charge in [0.05, 0.1) is 26.2 Å². The number of anilines is 2. The maximum absolute atomic E-state index is 12.6. The number of carbonyl (C=O) groups is 1. The quantitative estimate of drug-likeness (QED) is 0.567. The third kappa shape index (κ3) is 4.47. The largest absolute Gasteiger partial charge is 0.322 e. The zero-order valence-electron chi connectivity index (χ0n) is 14.7. The number of amides is 1. The minimum atomic E-state index is -3.75. The van der Waals surface area contributed by atoms with Crippen molar-refractivity contribution in [3.05, 3.63) is 87.9 Å². The Morgan fingerprint density at radius 3 is 2.36 bits per heavy atom. The van der Waals surface area contributed by atoms with E-state index >= 15 is 0 Å². The number of rotatable bonds is 5. The van der Waals surface area contributed by atoms with Crippen molar-refractivity contribution in [1.29, 1.82) is 0 Å². The van der Waals surface area contributed by atoms with Gasteiger partial charge >= 0.3 is 0 Å². The van der Waals surface area contributed by atoms with Gasteiger partial charge in [0.15, 0.2) is 0 Å². The Morgan fingerprint density at radius 2 is 1.64 bits per heavy atom. The van der Waals surface area contributed by atoms with Crippen molar-refractivity contribution < 1.29 is 13.2 Å². The minimum absolute atomic E-state index is 0.148. The molecule has 0 bridgehead atoms. The molecule has 0 aliphatic carbocycles. The van der Waals surface area contributed by atoms with E-state index in [0.717, 1.165) is 0 Å². The highest BCUT2D eigenvalue weighted by Gasteiger charge is 2.16. The number of aryl methyl sites for hydroxylation is 1. The predicted octanol–water partition coefficient (Wildman–Crippen LogP) is 5.35. The number of hydrogen-bond acceptors (Lipinski definition) is 3. The molecule has 28 heavy (non-hydrogen) atoms. The van der Waals surface area contributed by atoms with Crippen LogP contribution < -0.4 is 10.0 Å². The van der Waals surface area contributed by atoms with Crippen LogP contribution >= 0.6 is 23.2 Å². The maximum atomic E-state index is 12.6. The second-order valence-electron chi connectivity index (χ2n) is 6.00. The molecule has 0 saturated heterocycles. The number of nitrogens with one attached hydrogen (secondary N) is 2. The van der Waals surface area contributed by atoms with Gasteiger partial charge in [0.25, 0.3) is 15.9 Å². The third-order valence-electron chi connectivity index (χ3n) is 3.99. The van der Waals surface area contributed by atoms with E-state index in [1.165, 1.54) is 12.1 Å². The lowest BCUT2D eigenvalue weighted by Crippen LogP contribution is -2.15. The number of benzene rings is 3. The van der Waals surface area contributed by atoms with Gasteiger partial charge in [-0.25, -0.2) is 8.42 Å². The molecule has 0 heterocycles. The summed E-state index contributed by atoms with van der Waals surface area (Å²) in [6.45, 7) is 1.77. The lowest BCUT2D eigenvalue weighted by atomic mass is 10.1. The summed E-state index contributed by atoms with van der Waals surface area (Å²) in [6.07, 6.45) is 0. The summed E-state index contributed by atoms with van der Waals surface area (Å²) in [6, 6.07) is 17.7. The van der Waals surface area contributed by atoms with Crippen LogP contribution in [0, 0.1) is 6.92 Å². The number of sulfonamides is 1. The van der Waals surface area contributed by atoms with Crippen LogP contribution in [0.1, 0.15) is 15.9 Å². The van der Waals surface area contributed by atoms with Gasteiger partial charge in [-0.2, -0.15) is 0 Å². The number of hydrogen-bond donors (Lipinski definition) is 2. The summed E-state index contributed by atoms with van der Waals surface area (Å²) in [4.78, 5) is 12.6. The standard InChI is InChI=1S/C20H16Cl2N2O3S/c1-13-10-11-14(23-20(25)16-8-5-9-17(21)19(16)22)12-18(13)24-28(26,27)15-6-3-2-4-7-15/h2-12,24H,1H3,(H,23,25). The van der Waals surface area contributed by atoms with E-state index in [-0.39, 0.29) is 20.5 Å². The molecule has 3 aromatic carbocycles. The fourth-order valence-electron chi connectivity index (χ4n) is 2.49. The zero-order valence-corrected chi connectivity index (χ0v) is 17.1. The number of carbonyl (C=O) groups excluding carboxylic acids is 1. The van der Waals surface area contributed by atoms with E-state index < -0.39 is 15.9 Å². The first-order chi connectivity index (χ1) is 13.3. The van der Waals surface area contributed by atoms with Gasteiger partial charge in [-0.1, -0.05) is 53.5 Å². The molecule has 0 saturated carbocycles. The Balaban J connectivity index is 1.86. The van der Waals surface area contributed by atoms with Gasteiger partial charge < -0.3 is 5.32 Å². The first kappa shape index (κ1) is 20.2. The molecule has 1 amide bonds. The Kier molecular flexibility index (Phi) is 5.93. The van der Waals surface area contributed by atoms with E-state index in [4.69, 9.17) is 23.2 Å². The van der Waals surface area contributed by atoms with Gasteiger partial charge in [-0.05, 0) is 48.9 Å². The van der Waals surface area contributed by atoms with Gasteiger partial charge in [0, 0.05) is 5.69 Å². The molecule has 0 aliphatic rings. The van der Waals surface area contributed by atoms with E-state index in [1.54, 1.807) is 61.5 Å². The summed E-state index contributed by atoms with van der Waals surface area (Å²) in [5, 5.41) is 3.13. The Bertz CT molecular complexity index is 1130. The van der Waals surface area contributed by atoms with Gasteiger partial charge in [-0.15, -0.1) is 0 Å². The highest BCUT2D eigenvalue weighted by molar-refractivity contribution is 7.92. The van der Waals surface area contributed by atoms with Crippen LogP contribution in [0.25, 0.3) is 0 Å². The van der Waals surface area contributed by atoms with Crippen LogP contribution in [-0.4, -0.2) is 14.3 Å². The second-order valence-corrected chi connectivity index (χ2v) is 8.47. The number of halogens is 2. The molecule has 2 N–H and O–H groups in total. The normalized spacial score (nSPS) is 11.1. The molecular weight excluding hydrogens is 419 g/mol. The molecule has 0 aliphatic heterocycles. The van der Waals surface area contributed by atoms with Crippen molar-refractivity contribution in [1.82, 2.24) is 0 Å². The molecule has 8 heteroatoms. The molecular formula is C20H16Cl2N2O3S. The lowest BCUT2D eigenvalue weighted by molar-refractivity contribution is 0.102. The van der Waals surface area contributed by atoms with Crippen LogP contribution in [-0.2, 0) is 10.0 Å². The maximum Gasteiger partial charge on any atom is 0.261 e. The molecule has 5 nitrogen and oxygen atoms in total. The highest BCUT2D eigenvalue weighted by atomic mass is 35.5. The molecule has 0 unspecified atom stereocenters. The minimum Gasteiger partial charge on any atom is -0.322 e. The van der Waals surface area contributed by atoms with Gasteiger partial charge in [0.1, 0.15) is 0 Å². The zero-order chi connectivity index (χ0) is 20.3. The summed E-state index contributed by atoms with van der Waals surface area (Å²) in [5.74, 6) is -0.451. The average molecular weight is 435 g/mol. The van der Waals surface area contributed by atoms with E-state index in [2.05, 4.69) is 10.0 Å². The molecule has 3 rings (SSSR count). The SMILES string of the molecule is Cc1ccc(NC(=O)c2cccc(Cl)c2Cl)cc1NS(=O)(=O)c1ccccc1. The predicted molar refractivity (Wildman–Crippen MR) is 113 cm³/mol. The van der Waals surface area contributed by atoms with Crippen LogP contribution in [0.3, 0.4) is 0 Å². The van der Waals surface area contributed by atoms with Crippen molar-refractivity contribution in [2.24, 2.45) is 0 Å². The smallest absolute Gasteiger partial charge is 0.261 e. The lowest BCUT2D eigenvalue weighted by Gasteiger charge is -2.13. The highest BCUT2D eigenvalue weighted by Crippen LogP contribution is 2.27. The first-order valence-corrected chi connectivity index (χ1v) is 10.5. The molecule has 144 valence electrons. The summed E-state index contributed by atoms with van der Waals surface area (Å²) in [5.41, 5.74) is 1.70. The Hall–Kier alpha value is -2.54. The first-order valence-electron chi connectivity index (χ1n) is 8.22. The van der Waals surface area contributed by atoms with Crippen molar-refractivity contribution >= 4 is 50.5 Å². The molecule has 0 aromatic heterocycles. The van der Waals surface area contributed by atoms with Crippen molar-refractivity contribution in [3.8, 4) is 0 Å². The van der Waals surface area contributed by atoms with Crippen molar-refractivity contribution in [3.63, 3.8) is 0 Å². The topological polar surface area (TPSA) is 75.3 Å². The van der Waals surface area contributed by atoms with E-state index in [1.807, 2.05) is 0 Å². The molecule has 0 spiro atoms. The van der Waals surface area contributed by atoms with E-state index in [9.17, 15) is 13.2 Å². The van der Waals surface area contributed by atoms with Crippen LogP contribution in [0.4, 0.5) is 11.4 Å². The van der Waals surface area contributed by atoms with Crippen LogP contribution in [0.2, 0.25) is 10.0 Å². The van der Waals surface area contributed by atoms with Crippen molar-refractivity contribution in [2.45, 2.75) is 11.8 Å². The van der Waals surface area contributed by atoms with Crippen molar-refractivity contribution in [2.75, 3.05) is 10.0 Å². The third-order valence-corrected chi connectivity index (χ3v) is 6.19. The van der Waals surface area contributed by atoms with Crippen LogP contribution in [0.5, 0.6) is 0 Å². The fourth-order valence-corrected chi connectivity index (χ4v) is 4.02. The summed E-state index contributed by atoms with van der Waals surface area (Å²) in [7, 11) is -3.75.